The normalized spacial score (nSPS) is 24.2. The lowest BCUT2D eigenvalue weighted by atomic mass is 10.1. The van der Waals surface area contributed by atoms with Crippen molar-refractivity contribution in [2.75, 3.05) is 5.32 Å². The van der Waals surface area contributed by atoms with E-state index < -0.39 is 0 Å². The highest BCUT2D eigenvalue weighted by molar-refractivity contribution is 8.01. The van der Waals surface area contributed by atoms with Crippen LogP contribution in [0.2, 0.25) is 0 Å². The van der Waals surface area contributed by atoms with Gasteiger partial charge in [-0.2, -0.15) is 0 Å². The second-order valence-corrected chi connectivity index (χ2v) is 8.72. The quantitative estimate of drug-likeness (QED) is 0.877. The molecule has 1 aliphatic heterocycles. The van der Waals surface area contributed by atoms with E-state index >= 15 is 0 Å². The zero-order valence-electron chi connectivity index (χ0n) is 14.6. The van der Waals surface area contributed by atoms with E-state index in [4.69, 9.17) is 0 Å². The summed E-state index contributed by atoms with van der Waals surface area (Å²) >= 11 is 1.54. The van der Waals surface area contributed by atoms with Gasteiger partial charge in [0.15, 0.2) is 0 Å². The molecular weight excluding hydrogens is 332 g/mol. The molecule has 4 nitrogen and oxygen atoms in total. The molecular formula is C20H26N2O2S. The molecule has 2 aliphatic carbocycles. The maximum atomic E-state index is 13.2. The summed E-state index contributed by atoms with van der Waals surface area (Å²) in [4.78, 5) is 28.9. The number of benzene rings is 1. The van der Waals surface area contributed by atoms with Crippen molar-refractivity contribution in [2.45, 2.75) is 80.0 Å². The molecule has 25 heavy (non-hydrogen) atoms. The van der Waals surface area contributed by atoms with Gasteiger partial charge in [-0.1, -0.05) is 37.8 Å². The summed E-state index contributed by atoms with van der Waals surface area (Å²) < 4.78 is 0. The van der Waals surface area contributed by atoms with Crippen LogP contribution < -0.4 is 5.32 Å². The van der Waals surface area contributed by atoms with E-state index in [0.717, 1.165) is 36.3 Å². The number of hydrogen-bond donors (Lipinski definition) is 1. The van der Waals surface area contributed by atoms with Crippen molar-refractivity contribution < 1.29 is 9.59 Å². The Balaban J connectivity index is 1.48. The van der Waals surface area contributed by atoms with Crippen LogP contribution >= 0.6 is 11.8 Å². The molecule has 0 aromatic heterocycles. The van der Waals surface area contributed by atoms with Gasteiger partial charge in [0.2, 0.25) is 11.8 Å². The number of carbonyl (C=O) groups excluding carboxylic acids is 2. The second kappa shape index (κ2) is 7.40. The number of anilines is 1. The van der Waals surface area contributed by atoms with Crippen molar-refractivity contribution in [1.29, 1.82) is 0 Å². The molecule has 1 aromatic rings. The van der Waals surface area contributed by atoms with Crippen molar-refractivity contribution in [2.24, 2.45) is 0 Å². The van der Waals surface area contributed by atoms with Crippen LogP contribution in [0.4, 0.5) is 5.69 Å². The van der Waals surface area contributed by atoms with Crippen molar-refractivity contribution in [3.05, 3.63) is 24.3 Å². The average Bonchev–Trinajstić information content (AvgIpc) is 3.30. The summed E-state index contributed by atoms with van der Waals surface area (Å²) in [5.41, 5.74) is 0.865. The molecule has 0 saturated heterocycles. The van der Waals surface area contributed by atoms with E-state index in [0.29, 0.717) is 18.5 Å². The average molecular weight is 359 g/mol. The Hall–Kier alpha value is -1.49. The predicted molar refractivity (Wildman–Crippen MR) is 101 cm³/mol. The highest BCUT2D eigenvalue weighted by Crippen LogP contribution is 2.38. The van der Waals surface area contributed by atoms with Crippen LogP contribution in [0, 0.1) is 0 Å². The summed E-state index contributed by atoms with van der Waals surface area (Å²) in [6, 6.07) is 8.64. The number of fused-ring (bicyclic) bond motifs is 1. The molecule has 1 unspecified atom stereocenters. The lowest BCUT2D eigenvalue weighted by molar-refractivity contribution is -0.137. The minimum atomic E-state index is -0.312. The predicted octanol–water partition coefficient (Wildman–Crippen LogP) is 4.20. The van der Waals surface area contributed by atoms with Gasteiger partial charge in [-0.15, -0.1) is 11.8 Å². The van der Waals surface area contributed by atoms with Gasteiger partial charge in [0.25, 0.3) is 0 Å². The van der Waals surface area contributed by atoms with Gasteiger partial charge in [0, 0.05) is 23.4 Å². The zero-order chi connectivity index (χ0) is 17.2. The molecule has 1 atom stereocenters. The Morgan fingerprint density at radius 3 is 2.28 bits per heavy atom. The summed E-state index contributed by atoms with van der Waals surface area (Å²) in [7, 11) is 0. The fraction of sp³-hybridized carbons (Fsp3) is 0.600. The molecule has 4 rings (SSSR count). The van der Waals surface area contributed by atoms with Crippen LogP contribution in [0.1, 0.15) is 57.8 Å². The van der Waals surface area contributed by atoms with E-state index in [-0.39, 0.29) is 17.1 Å². The summed E-state index contributed by atoms with van der Waals surface area (Å²) in [6.45, 7) is 0. The standard InChI is InChI=1S/C20H26N2O2S/c23-19(22(14-7-1-2-8-14)15-9-3-4-10-15)13-18-20(24)21-16-11-5-6-12-17(16)25-18/h5-6,11-12,14-15,18H,1-4,7-10,13H2,(H,21,24). The van der Waals surface area contributed by atoms with Crippen LogP contribution in [0.3, 0.4) is 0 Å². The Bertz CT molecular complexity index is 635. The fourth-order valence-corrected chi connectivity index (χ4v) is 5.66. The van der Waals surface area contributed by atoms with E-state index in [1.54, 1.807) is 0 Å². The van der Waals surface area contributed by atoms with Crippen LogP contribution in [0.5, 0.6) is 0 Å². The number of hydrogen-bond acceptors (Lipinski definition) is 3. The van der Waals surface area contributed by atoms with Crippen LogP contribution in [-0.4, -0.2) is 34.0 Å². The molecule has 0 spiro atoms. The third-order valence-electron chi connectivity index (χ3n) is 5.79. The lowest BCUT2D eigenvalue weighted by Gasteiger charge is -2.36. The third kappa shape index (κ3) is 3.57. The van der Waals surface area contributed by atoms with Gasteiger partial charge >= 0.3 is 0 Å². The molecule has 0 radical (unpaired) electrons. The van der Waals surface area contributed by atoms with Crippen LogP contribution in [0.15, 0.2) is 29.2 Å². The summed E-state index contributed by atoms with van der Waals surface area (Å²) in [6.07, 6.45) is 9.77. The van der Waals surface area contributed by atoms with Crippen molar-refractivity contribution >= 4 is 29.3 Å². The van der Waals surface area contributed by atoms with E-state index in [1.165, 1.54) is 37.4 Å². The Kier molecular flexibility index (Phi) is 5.02. The Morgan fingerprint density at radius 2 is 1.64 bits per heavy atom. The number of nitrogens with one attached hydrogen (secondary N) is 1. The van der Waals surface area contributed by atoms with Gasteiger partial charge in [-0.3, -0.25) is 9.59 Å². The van der Waals surface area contributed by atoms with Gasteiger partial charge in [0.1, 0.15) is 0 Å². The molecule has 5 heteroatoms. The second-order valence-electron chi connectivity index (χ2n) is 7.47. The minimum absolute atomic E-state index is 0.0326. The third-order valence-corrected chi connectivity index (χ3v) is 7.07. The topological polar surface area (TPSA) is 49.4 Å². The first-order valence-corrected chi connectivity index (χ1v) is 10.5. The Labute approximate surface area is 153 Å². The zero-order valence-corrected chi connectivity index (χ0v) is 15.4. The smallest absolute Gasteiger partial charge is 0.238 e. The van der Waals surface area contributed by atoms with E-state index in [1.807, 2.05) is 24.3 Å². The molecule has 1 heterocycles. The lowest BCUT2D eigenvalue weighted by Crippen LogP contribution is -2.47. The summed E-state index contributed by atoms with van der Waals surface area (Å²) in [5, 5.41) is 2.65. The molecule has 134 valence electrons. The van der Waals surface area contributed by atoms with E-state index in [2.05, 4.69) is 10.2 Å². The SMILES string of the molecule is O=C1Nc2ccccc2SC1CC(=O)N(C1CCCC1)C1CCCC1. The summed E-state index contributed by atoms with van der Waals surface area (Å²) in [5.74, 6) is 0.153. The number of para-hydroxylation sites is 1. The van der Waals surface area contributed by atoms with Gasteiger partial charge < -0.3 is 10.2 Å². The monoisotopic (exact) mass is 358 g/mol. The number of nitrogens with zero attached hydrogens (tertiary/aromatic N) is 1. The first-order valence-electron chi connectivity index (χ1n) is 9.60. The molecule has 1 N–H and O–H groups in total. The first kappa shape index (κ1) is 17.0. The Morgan fingerprint density at radius 1 is 1.04 bits per heavy atom. The van der Waals surface area contributed by atoms with Crippen molar-refractivity contribution in [3.63, 3.8) is 0 Å². The van der Waals surface area contributed by atoms with Crippen molar-refractivity contribution in [1.82, 2.24) is 4.90 Å². The van der Waals surface area contributed by atoms with Crippen molar-refractivity contribution in [3.8, 4) is 0 Å². The number of rotatable bonds is 4. The van der Waals surface area contributed by atoms with Gasteiger partial charge in [0.05, 0.1) is 10.9 Å². The molecule has 2 amide bonds. The first-order chi connectivity index (χ1) is 12.2. The molecule has 0 bridgehead atoms. The van der Waals surface area contributed by atoms with Gasteiger partial charge in [-0.05, 0) is 37.8 Å². The molecule has 2 saturated carbocycles. The number of thioether (sulfide) groups is 1. The maximum absolute atomic E-state index is 13.2. The molecule has 2 fully saturated rings. The minimum Gasteiger partial charge on any atom is -0.337 e. The van der Waals surface area contributed by atoms with Crippen LogP contribution in [0.25, 0.3) is 0 Å². The molecule has 3 aliphatic rings. The van der Waals surface area contributed by atoms with E-state index in [9.17, 15) is 9.59 Å². The number of amides is 2. The maximum Gasteiger partial charge on any atom is 0.238 e. The number of carbonyl (C=O) groups is 2. The molecule has 1 aromatic carbocycles. The van der Waals surface area contributed by atoms with Gasteiger partial charge in [-0.25, -0.2) is 0 Å². The highest BCUT2D eigenvalue weighted by atomic mass is 32.2. The highest BCUT2D eigenvalue weighted by Gasteiger charge is 2.37. The largest absolute Gasteiger partial charge is 0.337 e. The fourth-order valence-electron chi connectivity index (χ4n) is 4.56. The van der Waals surface area contributed by atoms with Crippen LogP contribution in [-0.2, 0) is 9.59 Å².